The third kappa shape index (κ3) is 11.7. The number of aldehydes is 1. The van der Waals surface area contributed by atoms with Crippen molar-refractivity contribution in [2.24, 2.45) is 10.8 Å². The van der Waals surface area contributed by atoms with Crippen LogP contribution >= 0.6 is 21.6 Å². The van der Waals surface area contributed by atoms with Gasteiger partial charge in [-0.3, -0.25) is 19.2 Å². The Morgan fingerprint density at radius 2 is 1.56 bits per heavy atom. The zero-order chi connectivity index (χ0) is 27.2. The van der Waals surface area contributed by atoms with Crippen molar-refractivity contribution in [3.8, 4) is 0 Å². The van der Waals surface area contributed by atoms with Crippen molar-refractivity contribution in [1.29, 1.82) is 0 Å². The lowest BCUT2D eigenvalue weighted by Crippen LogP contribution is -2.41. The Labute approximate surface area is 219 Å². The molecule has 0 aromatic rings. The average molecular weight is 549 g/mol. The molecule has 1 saturated heterocycles. The summed E-state index contributed by atoms with van der Waals surface area (Å²) in [4.78, 5) is 75.4. The maximum absolute atomic E-state index is 12.5. The van der Waals surface area contributed by atoms with Crippen LogP contribution in [0.1, 0.15) is 59.8 Å². The highest BCUT2D eigenvalue weighted by Crippen LogP contribution is 2.36. The Bertz CT molecular complexity index is 786. The topological polar surface area (TPSA) is 145 Å². The van der Waals surface area contributed by atoms with E-state index < -0.39 is 34.6 Å². The Hall–Kier alpha value is -2.12. The fourth-order valence-corrected chi connectivity index (χ4v) is 5.25. The molecule has 13 heteroatoms. The highest BCUT2D eigenvalue weighted by molar-refractivity contribution is 8.76. The monoisotopic (exact) mass is 548 g/mol. The van der Waals surface area contributed by atoms with Gasteiger partial charge in [-0.25, -0.2) is 4.79 Å². The van der Waals surface area contributed by atoms with Crippen LogP contribution in [0.15, 0.2) is 0 Å². The van der Waals surface area contributed by atoms with E-state index in [0.29, 0.717) is 30.2 Å². The summed E-state index contributed by atoms with van der Waals surface area (Å²) in [5.41, 5.74) is -2.20. The molecule has 0 radical (unpaired) electrons. The molecule has 1 fully saturated rings. The summed E-state index contributed by atoms with van der Waals surface area (Å²) < 4.78 is 10.6. The van der Waals surface area contributed by atoms with Crippen molar-refractivity contribution in [3.63, 3.8) is 0 Å². The fraction of sp³-hybridized carbons (Fsp3) is 0.739. The number of carbonyl (C=O) groups excluding carboxylic acids is 6. The van der Waals surface area contributed by atoms with E-state index in [0.717, 1.165) is 12.0 Å². The highest BCUT2D eigenvalue weighted by Gasteiger charge is 2.43. The van der Waals surface area contributed by atoms with Gasteiger partial charge < -0.3 is 24.4 Å². The summed E-state index contributed by atoms with van der Waals surface area (Å²) in [6, 6.07) is 0. The van der Waals surface area contributed by atoms with Crippen LogP contribution in [0.25, 0.3) is 0 Å². The molecule has 1 aliphatic heterocycles. The van der Waals surface area contributed by atoms with Gasteiger partial charge in [0.2, 0.25) is 5.91 Å². The van der Waals surface area contributed by atoms with Gasteiger partial charge in [0, 0.05) is 43.7 Å². The van der Waals surface area contributed by atoms with Crippen LogP contribution in [-0.2, 0) is 43.1 Å². The van der Waals surface area contributed by atoms with Crippen LogP contribution in [0.2, 0.25) is 0 Å². The minimum atomic E-state index is -1.16. The summed E-state index contributed by atoms with van der Waals surface area (Å²) in [6.07, 6.45) is 1.82. The lowest BCUT2D eigenvalue weighted by molar-refractivity contribution is -0.205. The molecule has 0 atom stereocenters. The Kier molecular flexibility index (Phi) is 14.1. The van der Waals surface area contributed by atoms with Gasteiger partial charge in [-0.2, -0.15) is 0 Å². The van der Waals surface area contributed by atoms with E-state index in [-0.39, 0.29) is 45.0 Å². The molecule has 0 unspecified atom stereocenters. The van der Waals surface area contributed by atoms with Gasteiger partial charge in [-0.15, -0.1) is 5.06 Å². The SMILES string of the molecule is CC(C)(CC(C)(C)C(=O)ON1C(=O)CCC1=O)C(=O)OCCOCCNC(=O)CCSSCCC=O. The molecule has 0 bridgehead atoms. The predicted octanol–water partition coefficient (Wildman–Crippen LogP) is 2.07. The maximum atomic E-state index is 12.5. The van der Waals surface area contributed by atoms with Crippen molar-refractivity contribution in [2.75, 3.05) is 37.9 Å². The molecule has 0 aliphatic carbocycles. The van der Waals surface area contributed by atoms with Crippen molar-refractivity contribution < 1.29 is 43.1 Å². The first-order chi connectivity index (χ1) is 16.9. The second kappa shape index (κ2) is 15.9. The minimum Gasteiger partial charge on any atom is -0.463 e. The minimum absolute atomic E-state index is 0.00144. The third-order valence-electron chi connectivity index (χ3n) is 5.01. The van der Waals surface area contributed by atoms with E-state index in [9.17, 15) is 28.8 Å². The molecule has 0 aromatic heterocycles. The zero-order valence-corrected chi connectivity index (χ0v) is 22.9. The van der Waals surface area contributed by atoms with E-state index in [1.807, 2.05) is 0 Å². The van der Waals surface area contributed by atoms with Gasteiger partial charge in [0.15, 0.2) is 0 Å². The first-order valence-electron chi connectivity index (χ1n) is 11.7. The number of ether oxygens (including phenoxy) is 2. The molecule has 3 amide bonds. The number of imide groups is 1. The number of nitrogens with zero attached hydrogens (tertiary/aromatic N) is 1. The number of carbonyl (C=O) groups is 6. The second-order valence-corrected chi connectivity index (χ2v) is 12.1. The van der Waals surface area contributed by atoms with Gasteiger partial charge >= 0.3 is 11.9 Å². The van der Waals surface area contributed by atoms with E-state index in [1.165, 1.54) is 0 Å². The fourth-order valence-electron chi connectivity index (χ4n) is 3.30. The van der Waals surface area contributed by atoms with Crippen LogP contribution in [0.3, 0.4) is 0 Å². The molecule has 0 saturated carbocycles. The molecule has 1 rings (SSSR count). The number of hydrogen-bond acceptors (Lipinski definition) is 11. The smallest absolute Gasteiger partial charge is 0.338 e. The normalized spacial score (nSPS) is 14.1. The van der Waals surface area contributed by atoms with Gasteiger partial charge in [-0.1, -0.05) is 21.6 Å². The molecule has 1 heterocycles. The molecule has 11 nitrogen and oxygen atoms in total. The number of rotatable bonds is 18. The average Bonchev–Trinajstić information content (AvgIpc) is 3.11. The molecule has 204 valence electrons. The van der Waals surface area contributed by atoms with Gasteiger partial charge in [-0.05, 0) is 34.1 Å². The van der Waals surface area contributed by atoms with Crippen LogP contribution < -0.4 is 5.32 Å². The van der Waals surface area contributed by atoms with E-state index in [1.54, 1.807) is 49.3 Å². The highest BCUT2D eigenvalue weighted by atomic mass is 33.1. The Balaban J connectivity index is 2.23. The number of amides is 3. The van der Waals surface area contributed by atoms with E-state index in [2.05, 4.69) is 5.32 Å². The van der Waals surface area contributed by atoms with Crippen LogP contribution in [-0.4, -0.2) is 78.9 Å². The van der Waals surface area contributed by atoms with Gasteiger partial charge in [0.1, 0.15) is 12.9 Å². The maximum Gasteiger partial charge on any atom is 0.338 e. The van der Waals surface area contributed by atoms with E-state index >= 15 is 0 Å². The third-order valence-corrected chi connectivity index (χ3v) is 7.45. The van der Waals surface area contributed by atoms with Crippen molar-refractivity contribution >= 4 is 57.5 Å². The number of hydroxylamine groups is 2. The lowest BCUT2D eigenvalue weighted by atomic mass is 9.75. The summed E-state index contributed by atoms with van der Waals surface area (Å²) in [5.74, 6) is -1.14. The van der Waals surface area contributed by atoms with Gasteiger partial charge in [0.05, 0.1) is 24.0 Å². The van der Waals surface area contributed by atoms with Crippen molar-refractivity contribution in [1.82, 2.24) is 10.4 Å². The van der Waals surface area contributed by atoms with Crippen molar-refractivity contribution in [2.45, 2.75) is 59.8 Å². The quantitative estimate of drug-likeness (QED) is 0.0883. The number of nitrogens with one attached hydrogen (secondary N) is 1. The summed E-state index contributed by atoms with van der Waals surface area (Å²) in [5, 5.41) is 3.23. The zero-order valence-electron chi connectivity index (χ0n) is 21.3. The molecule has 1 N–H and O–H groups in total. The second-order valence-electron chi connectivity index (χ2n) is 9.35. The number of hydrogen-bond donors (Lipinski definition) is 1. The van der Waals surface area contributed by atoms with E-state index in [4.69, 9.17) is 14.3 Å². The molecule has 36 heavy (non-hydrogen) atoms. The summed E-state index contributed by atoms with van der Waals surface area (Å²) in [7, 11) is 3.11. The summed E-state index contributed by atoms with van der Waals surface area (Å²) >= 11 is 0. The largest absolute Gasteiger partial charge is 0.463 e. The van der Waals surface area contributed by atoms with Crippen molar-refractivity contribution in [3.05, 3.63) is 0 Å². The first kappa shape index (κ1) is 31.9. The Morgan fingerprint density at radius 1 is 0.944 bits per heavy atom. The predicted molar refractivity (Wildman–Crippen MR) is 134 cm³/mol. The number of esters is 1. The molecule has 0 aromatic carbocycles. The first-order valence-corrected chi connectivity index (χ1v) is 14.2. The molecule has 1 aliphatic rings. The summed E-state index contributed by atoms with van der Waals surface area (Å²) in [6.45, 7) is 7.15. The Morgan fingerprint density at radius 3 is 2.19 bits per heavy atom. The lowest BCUT2D eigenvalue weighted by Gasteiger charge is -2.32. The molecular formula is C23H36N2O9S2. The van der Waals surface area contributed by atoms with Gasteiger partial charge in [0.25, 0.3) is 11.8 Å². The van der Waals surface area contributed by atoms with Crippen LogP contribution in [0, 0.1) is 10.8 Å². The molecular weight excluding hydrogens is 512 g/mol. The standard InChI is InChI=1S/C23H36N2O9S2/c1-22(2,16-23(3,4)21(31)34-25-18(28)6-7-19(25)29)20(30)33-13-12-32-11-9-24-17(27)8-15-36-35-14-5-10-26/h10H,5-9,11-16H2,1-4H3,(H,24,27). The van der Waals surface area contributed by atoms with Crippen LogP contribution in [0.4, 0.5) is 0 Å². The molecule has 0 spiro atoms. The van der Waals surface area contributed by atoms with Crippen LogP contribution in [0.5, 0.6) is 0 Å².